The van der Waals surface area contributed by atoms with Crippen LogP contribution in [0.4, 0.5) is 16.2 Å². The molecule has 8 nitrogen and oxygen atoms in total. The van der Waals surface area contributed by atoms with Crippen molar-refractivity contribution in [1.29, 1.82) is 0 Å². The maximum Gasteiger partial charge on any atom is 0.339 e. The Morgan fingerprint density at radius 1 is 0.939 bits per heavy atom. The Morgan fingerprint density at radius 2 is 1.70 bits per heavy atom. The summed E-state index contributed by atoms with van der Waals surface area (Å²) in [7, 11) is 1.50. The molecular weight excluding hydrogens is 420 g/mol. The van der Waals surface area contributed by atoms with Crippen molar-refractivity contribution in [2.24, 2.45) is 5.10 Å². The van der Waals surface area contributed by atoms with Crippen LogP contribution in [-0.4, -0.2) is 31.9 Å². The predicted octanol–water partition coefficient (Wildman–Crippen LogP) is 4.49. The normalized spacial score (nSPS) is 10.5. The lowest BCUT2D eigenvalue weighted by molar-refractivity contribution is -0.118. The van der Waals surface area contributed by atoms with Crippen LogP contribution in [0.3, 0.4) is 0 Å². The molecule has 0 saturated carbocycles. The predicted molar refractivity (Wildman–Crippen MR) is 129 cm³/mol. The van der Waals surface area contributed by atoms with E-state index in [1.165, 1.54) is 13.3 Å². The van der Waals surface area contributed by atoms with E-state index in [0.29, 0.717) is 28.4 Å². The number of hydrazone groups is 1. The first-order chi connectivity index (χ1) is 16.0. The number of nitrogens with zero attached hydrogens (tertiary/aromatic N) is 1. The van der Waals surface area contributed by atoms with Crippen LogP contribution in [0.5, 0.6) is 11.5 Å². The number of amides is 3. The number of carbonyl (C=O) groups excluding carboxylic acids is 2. The molecule has 170 valence electrons. The van der Waals surface area contributed by atoms with Crippen LogP contribution in [-0.2, 0) is 4.79 Å². The Bertz CT molecular complexity index is 1140. The van der Waals surface area contributed by atoms with Crippen molar-refractivity contribution >= 4 is 29.5 Å². The maximum atomic E-state index is 12.3. The summed E-state index contributed by atoms with van der Waals surface area (Å²) < 4.78 is 11.1. The molecule has 0 aromatic heterocycles. The molecule has 0 aliphatic carbocycles. The third-order valence-electron chi connectivity index (χ3n) is 4.68. The molecule has 0 atom stereocenters. The summed E-state index contributed by atoms with van der Waals surface area (Å²) in [5, 5.41) is 9.49. The minimum atomic E-state index is -0.483. The summed E-state index contributed by atoms with van der Waals surface area (Å²) in [5.41, 5.74) is 6.36. The largest absolute Gasteiger partial charge is 0.493 e. The Labute approximate surface area is 192 Å². The highest BCUT2D eigenvalue weighted by Crippen LogP contribution is 2.30. The molecule has 3 amide bonds. The summed E-state index contributed by atoms with van der Waals surface area (Å²) >= 11 is 0. The number of methoxy groups -OCH3 is 1. The van der Waals surface area contributed by atoms with Crippen LogP contribution >= 0.6 is 0 Å². The van der Waals surface area contributed by atoms with Crippen molar-refractivity contribution in [3.63, 3.8) is 0 Å². The highest BCUT2D eigenvalue weighted by atomic mass is 16.5. The first kappa shape index (κ1) is 23.3. The van der Waals surface area contributed by atoms with Gasteiger partial charge in [0.1, 0.15) is 0 Å². The Balaban J connectivity index is 1.62. The molecule has 3 aromatic carbocycles. The van der Waals surface area contributed by atoms with Gasteiger partial charge < -0.3 is 20.1 Å². The SMILES string of the molecule is COc1cccc(C=NNC(=O)Nc2ccccc2C)c1OCC(=O)Nc1ccc(C)cc1. The van der Waals surface area contributed by atoms with Gasteiger partial charge in [-0.3, -0.25) is 4.79 Å². The van der Waals surface area contributed by atoms with Crippen molar-refractivity contribution in [2.75, 3.05) is 24.4 Å². The summed E-state index contributed by atoms with van der Waals surface area (Å²) in [6, 6.07) is 19.6. The smallest absolute Gasteiger partial charge is 0.339 e. The van der Waals surface area contributed by atoms with Gasteiger partial charge in [0.2, 0.25) is 0 Å². The molecule has 0 fully saturated rings. The number of aryl methyl sites for hydroxylation is 2. The fourth-order valence-corrected chi connectivity index (χ4v) is 2.95. The number of anilines is 2. The molecule has 0 bridgehead atoms. The molecule has 3 rings (SSSR count). The molecule has 8 heteroatoms. The van der Waals surface area contributed by atoms with Gasteiger partial charge in [0.05, 0.1) is 13.3 Å². The molecular formula is C25H26N4O4. The van der Waals surface area contributed by atoms with Gasteiger partial charge in [0.25, 0.3) is 5.91 Å². The molecule has 0 heterocycles. The second-order valence-electron chi connectivity index (χ2n) is 7.22. The Hall–Kier alpha value is -4.33. The van der Waals surface area contributed by atoms with Gasteiger partial charge >= 0.3 is 6.03 Å². The van der Waals surface area contributed by atoms with E-state index in [4.69, 9.17) is 9.47 Å². The van der Waals surface area contributed by atoms with E-state index in [-0.39, 0.29) is 12.5 Å². The minimum Gasteiger partial charge on any atom is -0.493 e. The van der Waals surface area contributed by atoms with E-state index >= 15 is 0 Å². The molecule has 3 aromatic rings. The van der Waals surface area contributed by atoms with Crippen molar-refractivity contribution < 1.29 is 19.1 Å². The quantitative estimate of drug-likeness (QED) is 0.351. The van der Waals surface area contributed by atoms with Gasteiger partial charge in [0.15, 0.2) is 18.1 Å². The lowest BCUT2D eigenvalue weighted by atomic mass is 10.2. The van der Waals surface area contributed by atoms with E-state index in [0.717, 1.165) is 11.1 Å². The number of rotatable bonds is 8. The fraction of sp³-hybridized carbons (Fsp3) is 0.160. The van der Waals surface area contributed by atoms with Gasteiger partial charge in [-0.05, 0) is 49.7 Å². The van der Waals surface area contributed by atoms with Gasteiger partial charge in [-0.2, -0.15) is 5.10 Å². The van der Waals surface area contributed by atoms with Gasteiger partial charge in [-0.15, -0.1) is 0 Å². The van der Waals surface area contributed by atoms with E-state index in [9.17, 15) is 9.59 Å². The monoisotopic (exact) mass is 446 g/mol. The van der Waals surface area contributed by atoms with Crippen LogP contribution in [0, 0.1) is 13.8 Å². The number of para-hydroxylation sites is 2. The molecule has 0 unspecified atom stereocenters. The molecule has 0 radical (unpaired) electrons. The topological polar surface area (TPSA) is 101 Å². The molecule has 0 aliphatic rings. The van der Waals surface area contributed by atoms with Crippen LogP contribution < -0.4 is 25.5 Å². The number of urea groups is 1. The number of nitrogens with one attached hydrogen (secondary N) is 3. The van der Waals surface area contributed by atoms with Gasteiger partial charge in [0, 0.05) is 16.9 Å². The average Bonchev–Trinajstić information content (AvgIpc) is 2.81. The average molecular weight is 447 g/mol. The minimum absolute atomic E-state index is 0.226. The number of ether oxygens (including phenoxy) is 2. The third-order valence-corrected chi connectivity index (χ3v) is 4.68. The van der Waals surface area contributed by atoms with Crippen LogP contribution in [0.2, 0.25) is 0 Å². The highest BCUT2D eigenvalue weighted by molar-refractivity contribution is 5.93. The van der Waals surface area contributed by atoms with E-state index in [1.807, 2.05) is 56.3 Å². The van der Waals surface area contributed by atoms with Crippen molar-refractivity contribution in [1.82, 2.24) is 5.43 Å². The molecule has 3 N–H and O–H groups in total. The zero-order chi connectivity index (χ0) is 23.6. The van der Waals surface area contributed by atoms with Crippen LogP contribution in [0.15, 0.2) is 71.8 Å². The standard InChI is InChI=1S/C25H26N4O4/c1-17-11-13-20(14-12-17)27-23(30)16-33-24-19(8-6-10-22(24)32-3)15-26-29-25(31)28-21-9-5-4-7-18(21)2/h4-15H,16H2,1-3H3,(H,27,30)(H2,28,29,31). The van der Waals surface area contributed by atoms with E-state index in [1.54, 1.807) is 24.3 Å². The zero-order valence-corrected chi connectivity index (χ0v) is 18.7. The fourth-order valence-electron chi connectivity index (χ4n) is 2.95. The van der Waals surface area contributed by atoms with E-state index in [2.05, 4.69) is 21.2 Å². The second kappa shape index (κ2) is 11.3. The van der Waals surface area contributed by atoms with Crippen molar-refractivity contribution in [3.8, 4) is 11.5 Å². The summed E-state index contributed by atoms with van der Waals surface area (Å²) in [5.74, 6) is 0.457. The Kier molecular flexibility index (Phi) is 8.02. The third kappa shape index (κ3) is 6.83. The van der Waals surface area contributed by atoms with Crippen LogP contribution in [0.1, 0.15) is 16.7 Å². The van der Waals surface area contributed by atoms with Gasteiger partial charge in [-0.1, -0.05) is 42.0 Å². The van der Waals surface area contributed by atoms with E-state index < -0.39 is 6.03 Å². The lowest BCUT2D eigenvalue weighted by Crippen LogP contribution is -2.24. The van der Waals surface area contributed by atoms with Gasteiger partial charge in [-0.25, -0.2) is 10.2 Å². The first-order valence-electron chi connectivity index (χ1n) is 10.3. The maximum absolute atomic E-state index is 12.3. The van der Waals surface area contributed by atoms with Crippen molar-refractivity contribution in [3.05, 3.63) is 83.4 Å². The molecule has 0 aliphatic heterocycles. The molecule has 33 heavy (non-hydrogen) atoms. The zero-order valence-electron chi connectivity index (χ0n) is 18.7. The summed E-state index contributed by atoms with van der Waals surface area (Å²) in [6.45, 7) is 3.64. The summed E-state index contributed by atoms with van der Waals surface area (Å²) in [4.78, 5) is 24.4. The van der Waals surface area contributed by atoms with Crippen LogP contribution in [0.25, 0.3) is 0 Å². The second-order valence-corrected chi connectivity index (χ2v) is 7.22. The molecule has 0 spiro atoms. The first-order valence-corrected chi connectivity index (χ1v) is 10.3. The lowest BCUT2D eigenvalue weighted by Gasteiger charge is -2.13. The number of hydrogen-bond acceptors (Lipinski definition) is 5. The number of carbonyl (C=O) groups is 2. The number of benzene rings is 3. The Morgan fingerprint density at radius 3 is 2.42 bits per heavy atom. The summed E-state index contributed by atoms with van der Waals surface area (Å²) in [6.07, 6.45) is 1.42. The highest BCUT2D eigenvalue weighted by Gasteiger charge is 2.12. The van der Waals surface area contributed by atoms with Crippen molar-refractivity contribution in [2.45, 2.75) is 13.8 Å². The molecule has 0 saturated heterocycles. The number of hydrogen-bond donors (Lipinski definition) is 3.